The van der Waals surface area contributed by atoms with E-state index in [-0.39, 0.29) is 30.4 Å². The number of halogens is 1. The average Bonchev–Trinajstić information content (AvgIpc) is 3.02. The molecule has 0 aliphatic carbocycles. The van der Waals surface area contributed by atoms with Gasteiger partial charge in [-0.2, -0.15) is 0 Å². The van der Waals surface area contributed by atoms with Gasteiger partial charge in [0.15, 0.2) is 5.69 Å². The van der Waals surface area contributed by atoms with Crippen LogP contribution in [0.15, 0.2) is 57.2 Å². The first-order valence-corrected chi connectivity index (χ1v) is 11.0. The molecule has 0 saturated carbocycles. The molecule has 0 saturated heterocycles. The summed E-state index contributed by atoms with van der Waals surface area (Å²) in [4.78, 5) is 24.4. The van der Waals surface area contributed by atoms with Crippen molar-refractivity contribution >= 4 is 44.3 Å². The van der Waals surface area contributed by atoms with E-state index in [0.717, 1.165) is 5.52 Å². The lowest BCUT2D eigenvalue weighted by atomic mass is 10.2. The van der Waals surface area contributed by atoms with Crippen LogP contribution in [-0.2, 0) is 11.3 Å². The van der Waals surface area contributed by atoms with E-state index in [1.807, 2.05) is 26.0 Å². The number of aromatic nitrogens is 1. The fraction of sp³-hybridized carbons (Fsp3) is 0.304. The molecule has 3 rings (SSSR count). The number of hydrogen-bond donors (Lipinski definition) is 2. The predicted octanol–water partition coefficient (Wildman–Crippen LogP) is 5.20. The number of fused-ring (bicyclic) bond motifs is 1. The van der Waals surface area contributed by atoms with Gasteiger partial charge >= 0.3 is 0 Å². The van der Waals surface area contributed by atoms with Crippen LogP contribution in [0.2, 0.25) is 0 Å². The van der Waals surface area contributed by atoms with Crippen LogP contribution in [0.1, 0.15) is 30.6 Å². The first-order valence-electron chi connectivity index (χ1n) is 10.2. The maximum Gasteiger partial charge on any atom is 0.266 e. The maximum absolute atomic E-state index is 12.2. The molecule has 0 bridgehead atoms. The number of nitrogens with zero attached hydrogens (tertiary/aromatic N) is 3. The van der Waals surface area contributed by atoms with Gasteiger partial charge < -0.3 is 19.7 Å². The summed E-state index contributed by atoms with van der Waals surface area (Å²) < 4.78 is 7.70. The van der Waals surface area contributed by atoms with Crippen molar-refractivity contribution in [3.8, 4) is 11.6 Å². The Morgan fingerprint density at radius 1 is 1.22 bits per heavy atom. The van der Waals surface area contributed by atoms with Gasteiger partial charge in [-0.1, -0.05) is 26.0 Å². The molecule has 2 N–H and O–H groups in total. The number of ether oxygens (including phenoxy) is 1. The summed E-state index contributed by atoms with van der Waals surface area (Å²) >= 11 is 3.33. The number of benzene rings is 2. The lowest BCUT2D eigenvalue weighted by Crippen LogP contribution is -2.26. The SMILES string of the molecule is COc1ccc2c(c1)c(N=NC(=O)CCNC(=O)c1ccccc1Br)c(O)n2CC(C)C. The summed E-state index contributed by atoms with van der Waals surface area (Å²) in [7, 11) is 1.55. The highest BCUT2D eigenvalue weighted by Crippen LogP contribution is 2.40. The number of carbonyl (C=O) groups excluding carboxylic acids is 2. The summed E-state index contributed by atoms with van der Waals surface area (Å²) in [5, 5.41) is 21.9. The molecule has 2 aromatic carbocycles. The molecule has 0 atom stereocenters. The van der Waals surface area contributed by atoms with E-state index >= 15 is 0 Å². The van der Waals surface area contributed by atoms with E-state index in [4.69, 9.17) is 4.74 Å². The molecule has 1 heterocycles. The molecule has 0 radical (unpaired) electrons. The van der Waals surface area contributed by atoms with E-state index in [9.17, 15) is 14.7 Å². The number of carbonyl (C=O) groups is 2. The second-order valence-corrected chi connectivity index (χ2v) is 8.49. The Hall–Kier alpha value is -3.20. The highest BCUT2D eigenvalue weighted by atomic mass is 79.9. The number of aromatic hydroxyl groups is 1. The van der Waals surface area contributed by atoms with Crippen molar-refractivity contribution < 1.29 is 19.4 Å². The molecule has 3 aromatic rings. The summed E-state index contributed by atoms with van der Waals surface area (Å²) in [6.07, 6.45) is -0.0194. The minimum atomic E-state index is -0.510. The topological polar surface area (TPSA) is 105 Å². The Morgan fingerprint density at radius 3 is 2.66 bits per heavy atom. The van der Waals surface area contributed by atoms with Crippen molar-refractivity contribution in [3.05, 3.63) is 52.5 Å². The van der Waals surface area contributed by atoms with Gasteiger partial charge in [-0.05, 0) is 52.2 Å². The van der Waals surface area contributed by atoms with Crippen LogP contribution >= 0.6 is 15.9 Å². The van der Waals surface area contributed by atoms with E-state index in [0.29, 0.717) is 33.6 Å². The van der Waals surface area contributed by atoms with E-state index in [1.165, 1.54) is 0 Å². The van der Waals surface area contributed by atoms with Crippen molar-refractivity contribution in [2.45, 2.75) is 26.8 Å². The Balaban J connectivity index is 1.73. The maximum atomic E-state index is 12.2. The van der Waals surface area contributed by atoms with Crippen molar-refractivity contribution in [1.29, 1.82) is 0 Å². The van der Waals surface area contributed by atoms with Crippen LogP contribution in [0.3, 0.4) is 0 Å². The average molecular weight is 501 g/mol. The number of nitrogens with one attached hydrogen (secondary N) is 1. The van der Waals surface area contributed by atoms with Crippen molar-refractivity contribution in [2.75, 3.05) is 13.7 Å². The molecule has 0 aliphatic rings. The van der Waals surface area contributed by atoms with Crippen molar-refractivity contribution in [2.24, 2.45) is 16.1 Å². The number of methoxy groups -OCH3 is 1. The lowest BCUT2D eigenvalue weighted by molar-refractivity contribution is -0.118. The highest BCUT2D eigenvalue weighted by molar-refractivity contribution is 9.10. The van der Waals surface area contributed by atoms with Crippen molar-refractivity contribution in [1.82, 2.24) is 9.88 Å². The third-order valence-corrected chi connectivity index (χ3v) is 5.46. The largest absolute Gasteiger partial charge is 0.497 e. The lowest BCUT2D eigenvalue weighted by Gasteiger charge is -2.09. The molecular weight excluding hydrogens is 476 g/mol. The first-order chi connectivity index (χ1) is 15.3. The van der Waals surface area contributed by atoms with Crippen LogP contribution in [0.25, 0.3) is 10.9 Å². The van der Waals surface area contributed by atoms with Gasteiger partial charge in [0.25, 0.3) is 11.8 Å². The van der Waals surface area contributed by atoms with Gasteiger partial charge in [-0.15, -0.1) is 10.2 Å². The molecule has 0 aliphatic heterocycles. The van der Waals surface area contributed by atoms with Crippen LogP contribution < -0.4 is 10.1 Å². The highest BCUT2D eigenvalue weighted by Gasteiger charge is 2.18. The van der Waals surface area contributed by atoms with Crippen LogP contribution in [0, 0.1) is 5.92 Å². The number of azo groups is 1. The Kier molecular flexibility index (Phi) is 7.63. The van der Waals surface area contributed by atoms with Gasteiger partial charge in [0.05, 0.1) is 18.2 Å². The van der Waals surface area contributed by atoms with Gasteiger partial charge in [0.1, 0.15) is 5.75 Å². The zero-order chi connectivity index (χ0) is 23.3. The molecular formula is C23H25BrN4O4. The first kappa shape index (κ1) is 23.5. The van der Waals surface area contributed by atoms with E-state index < -0.39 is 5.91 Å². The molecule has 9 heteroatoms. The van der Waals surface area contributed by atoms with Gasteiger partial charge in [-0.3, -0.25) is 9.59 Å². The van der Waals surface area contributed by atoms with Crippen LogP contribution in [-0.4, -0.2) is 35.1 Å². The smallest absolute Gasteiger partial charge is 0.266 e. The fourth-order valence-corrected chi connectivity index (χ4v) is 3.72. The van der Waals surface area contributed by atoms with Crippen LogP contribution in [0.5, 0.6) is 11.6 Å². The predicted molar refractivity (Wildman–Crippen MR) is 126 cm³/mol. The Bertz CT molecular complexity index is 1170. The molecule has 0 spiro atoms. The zero-order valence-electron chi connectivity index (χ0n) is 18.1. The summed E-state index contributed by atoms with van der Waals surface area (Å²) in [6.45, 7) is 4.79. The molecule has 0 unspecified atom stereocenters. The molecule has 1 aromatic heterocycles. The molecule has 32 heavy (non-hydrogen) atoms. The summed E-state index contributed by atoms with van der Waals surface area (Å²) in [5.41, 5.74) is 1.47. The third kappa shape index (κ3) is 5.34. The van der Waals surface area contributed by atoms with Gasteiger partial charge in [0, 0.05) is 29.4 Å². The normalized spacial score (nSPS) is 11.4. The minimum absolute atomic E-state index is 0.0194. The van der Waals surface area contributed by atoms with Gasteiger partial charge in [0.2, 0.25) is 5.88 Å². The van der Waals surface area contributed by atoms with E-state index in [1.54, 1.807) is 42.0 Å². The number of rotatable bonds is 8. The molecule has 8 nitrogen and oxygen atoms in total. The third-order valence-electron chi connectivity index (χ3n) is 4.77. The second-order valence-electron chi connectivity index (χ2n) is 7.64. The standard InChI is InChI=1S/C23H25BrN4O4/c1-14(2)13-28-19-9-8-15(32-3)12-17(19)21(23(28)31)27-26-20(29)10-11-25-22(30)16-6-4-5-7-18(16)24/h4-9,12,14,31H,10-11,13H2,1-3H3,(H,25,30). The Morgan fingerprint density at radius 2 is 1.97 bits per heavy atom. The second kappa shape index (κ2) is 10.4. The quantitative estimate of drug-likeness (QED) is 0.414. The monoisotopic (exact) mass is 500 g/mol. The molecule has 0 fully saturated rings. The summed E-state index contributed by atoms with van der Waals surface area (Å²) in [6, 6.07) is 12.4. The van der Waals surface area contributed by atoms with E-state index in [2.05, 4.69) is 31.5 Å². The van der Waals surface area contributed by atoms with Crippen LogP contribution in [0.4, 0.5) is 5.69 Å². The van der Waals surface area contributed by atoms with Crippen molar-refractivity contribution in [3.63, 3.8) is 0 Å². The summed E-state index contributed by atoms with van der Waals surface area (Å²) in [5.74, 6) is 0.0453. The fourth-order valence-electron chi connectivity index (χ4n) is 3.26. The molecule has 2 amide bonds. The van der Waals surface area contributed by atoms with Gasteiger partial charge in [-0.25, -0.2) is 0 Å². The minimum Gasteiger partial charge on any atom is -0.497 e. The Labute approximate surface area is 194 Å². The number of hydrogen-bond acceptors (Lipinski definition) is 5. The molecule has 168 valence electrons. The number of amides is 2. The zero-order valence-corrected chi connectivity index (χ0v) is 19.7.